The number of hydrogen-bond donors (Lipinski definition) is 0. The Kier molecular flexibility index (Phi) is 3.52. The minimum Gasteiger partial charge on any atom is -0.458 e. The van der Waals surface area contributed by atoms with Gasteiger partial charge in [-0.15, -0.1) is 0 Å². The van der Waals surface area contributed by atoms with Gasteiger partial charge in [0.1, 0.15) is 18.0 Å². The highest BCUT2D eigenvalue weighted by Crippen LogP contribution is 2.55. The average Bonchev–Trinajstić information content (AvgIpc) is 2.93. The van der Waals surface area contributed by atoms with E-state index >= 15 is 0 Å². The summed E-state index contributed by atoms with van der Waals surface area (Å²) < 4.78 is 10.8. The quantitative estimate of drug-likeness (QED) is 0.692. The molecular formula is C15H20O5. The van der Waals surface area contributed by atoms with Crippen LogP contribution in [0.5, 0.6) is 0 Å². The average molecular weight is 280 g/mol. The summed E-state index contributed by atoms with van der Waals surface area (Å²) in [5.74, 6) is 0.0616. The Morgan fingerprint density at radius 1 is 1.25 bits per heavy atom. The van der Waals surface area contributed by atoms with E-state index in [-0.39, 0.29) is 54.6 Å². The molecule has 2 heterocycles. The van der Waals surface area contributed by atoms with E-state index in [1.165, 1.54) is 0 Å². The highest BCUT2D eigenvalue weighted by Gasteiger charge is 2.63. The van der Waals surface area contributed by atoms with E-state index in [4.69, 9.17) is 9.47 Å². The Hall–Kier alpha value is -1.39. The molecule has 20 heavy (non-hydrogen) atoms. The lowest BCUT2D eigenvalue weighted by molar-refractivity contribution is -0.196. The Balaban J connectivity index is 1.51. The highest BCUT2D eigenvalue weighted by atomic mass is 16.6. The van der Waals surface area contributed by atoms with Crippen LogP contribution >= 0.6 is 0 Å². The summed E-state index contributed by atoms with van der Waals surface area (Å²) in [5.41, 5.74) is 0. The summed E-state index contributed by atoms with van der Waals surface area (Å²) in [5, 5.41) is 0. The second kappa shape index (κ2) is 5.19. The normalized spacial score (nSPS) is 37.0. The van der Waals surface area contributed by atoms with Crippen LogP contribution in [0.4, 0.5) is 0 Å². The SMILES string of the molecule is CCCC(=O)CCC(=O)OC1C2CC3CC2C(=O)OC31. The third-order valence-electron chi connectivity index (χ3n) is 4.82. The molecule has 4 aliphatic rings. The lowest BCUT2D eigenvalue weighted by Gasteiger charge is -2.39. The lowest BCUT2D eigenvalue weighted by atomic mass is 9.82. The summed E-state index contributed by atoms with van der Waals surface area (Å²) in [7, 11) is 0. The van der Waals surface area contributed by atoms with Gasteiger partial charge >= 0.3 is 11.9 Å². The Labute approximate surface area is 118 Å². The van der Waals surface area contributed by atoms with Gasteiger partial charge < -0.3 is 9.47 Å². The molecule has 0 aromatic heterocycles. The first-order valence-corrected chi connectivity index (χ1v) is 7.51. The number of Topliss-reactive ketones (excluding diaryl/α,β-unsaturated/α-hetero) is 1. The van der Waals surface area contributed by atoms with Gasteiger partial charge in [0.2, 0.25) is 0 Å². The first-order valence-electron chi connectivity index (χ1n) is 7.51. The number of carbonyl (C=O) groups excluding carboxylic acids is 3. The monoisotopic (exact) mass is 280 g/mol. The molecule has 0 radical (unpaired) electrons. The number of ether oxygens (including phenoxy) is 2. The molecule has 110 valence electrons. The van der Waals surface area contributed by atoms with Gasteiger partial charge in [0.05, 0.1) is 12.3 Å². The molecule has 2 saturated carbocycles. The van der Waals surface area contributed by atoms with E-state index < -0.39 is 0 Å². The van der Waals surface area contributed by atoms with Crippen molar-refractivity contribution in [2.24, 2.45) is 17.8 Å². The van der Waals surface area contributed by atoms with Gasteiger partial charge in [-0.1, -0.05) is 6.92 Å². The minimum absolute atomic E-state index is 0.0791. The van der Waals surface area contributed by atoms with Gasteiger partial charge in [-0.05, 0) is 19.3 Å². The molecule has 0 aromatic carbocycles. The van der Waals surface area contributed by atoms with Crippen molar-refractivity contribution in [1.82, 2.24) is 0 Å². The molecule has 5 nitrogen and oxygen atoms in total. The number of carbonyl (C=O) groups is 3. The summed E-state index contributed by atoms with van der Waals surface area (Å²) in [4.78, 5) is 34.8. The molecule has 2 aliphatic carbocycles. The predicted octanol–water partition coefficient (Wildman–Crippen LogP) is 1.63. The molecule has 4 fully saturated rings. The van der Waals surface area contributed by atoms with E-state index in [1.807, 2.05) is 6.92 Å². The van der Waals surface area contributed by atoms with Crippen molar-refractivity contribution in [3.05, 3.63) is 0 Å². The topological polar surface area (TPSA) is 69.7 Å². The molecule has 2 saturated heterocycles. The van der Waals surface area contributed by atoms with E-state index in [9.17, 15) is 14.4 Å². The summed E-state index contributed by atoms with van der Waals surface area (Å²) in [6.45, 7) is 1.94. The third kappa shape index (κ3) is 2.23. The van der Waals surface area contributed by atoms with Crippen molar-refractivity contribution < 1.29 is 23.9 Å². The standard InChI is InChI=1S/C15H20O5/c1-2-3-9(16)4-5-12(17)19-14-10-6-8-7-11(10)15(18)20-13(8)14/h8,10-11,13-14H,2-7H2,1H3. The zero-order valence-electron chi connectivity index (χ0n) is 11.7. The van der Waals surface area contributed by atoms with Crippen LogP contribution in [0.1, 0.15) is 45.4 Å². The van der Waals surface area contributed by atoms with Gasteiger partial charge in [-0.2, -0.15) is 0 Å². The largest absolute Gasteiger partial charge is 0.458 e. The summed E-state index contributed by atoms with van der Waals surface area (Å²) >= 11 is 0. The Bertz CT molecular complexity index is 442. The molecule has 0 aromatic rings. The maximum atomic E-state index is 11.8. The zero-order valence-corrected chi connectivity index (χ0v) is 11.7. The zero-order chi connectivity index (χ0) is 14.3. The van der Waals surface area contributed by atoms with Crippen LogP contribution < -0.4 is 0 Å². The number of ketones is 1. The van der Waals surface area contributed by atoms with Gasteiger partial charge in [0.15, 0.2) is 0 Å². The predicted molar refractivity (Wildman–Crippen MR) is 68.6 cm³/mol. The van der Waals surface area contributed by atoms with Crippen LogP contribution in [0, 0.1) is 17.8 Å². The molecule has 5 atom stereocenters. The molecule has 2 aliphatic heterocycles. The number of fused-ring (bicyclic) bond motifs is 1. The van der Waals surface area contributed by atoms with Crippen LogP contribution in [0.15, 0.2) is 0 Å². The maximum absolute atomic E-state index is 11.8. The van der Waals surface area contributed by atoms with E-state index in [0.717, 1.165) is 19.3 Å². The maximum Gasteiger partial charge on any atom is 0.309 e. The summed E-state index contributed by atoms with van der Waals surface area (Å²) in [6.07, 6.45) is 3.01. The van der Waals surface area contributed by atoms with Crippen LogP contribution in [0.25, 0.3) is 0 Å². The molecule has 0 spiro atoms. The van der Waals surface area contributed by atoms with Crippen LogP contribution in [0.2, 0.25) is 0 Å². The van der Waals surface area contributed by atoms with Crippen molar-refractivity contribution in [3.63, 3.8) is 0 Å². The molecule has 5 unspecified atom stereocenters. The molecular weight excluding hydrogens is 260 g/mol. The minimum atomic E-state index is -0.339. The number of hydrogen-bond acceptors (Lipinski definition) is 5. The van der Waals surface area contributed by atoms with Crippen LogP contribution in [0.3, 0.4) is 0 Å². The first-order chi connectivity index (χ1) is 9.60. The second-order valence-corrected chi connectivity index (χ2v) is 6.15. The molecule has 5 heteroatoms. The van der Waals surface area contributed by atoms with E-state index in [0.29, 0.717) is 12.3 Å². The van der Waals surface area contributed by atoms with Crippen LogP contribution in [-0.4, -0.2) is 29.9 Å². The fourth-order valence-electron chi connectivity index (χ4n) is 3.92. The molecule has 4 bridgehead atoms. The van der Waals surface area contributed by atoms with Crippen molar-refractivity contribution in [3.8, 4) is 0 Å². The van der Waals surface area contributed by atoms with Gasteiger partial charge in [0.25, 0.3) is 0 Å². The second-order valence-electron chi connectivity index (χ2n) is 6.15. The molecule has 0 N–H and O–H groups in total. The van der Waals surface area contributed by atoms with Gasteiger partial charge in [-0.25, -0.2) is 0 Å². The fourth-order valence-corrected chi connectivity index (χ4v) is 3.92. The van der Waals surface area contributed by atoms with Gasteiger partial charge in [0, 0.05) is 24.7 Å². The van der Waals surface area contributed by atoms with Crippen molar-refractivity contribution in [1.29, 1.82) is 0 Å². The summed E-state index contributed by atoms with van der Waals surface area (Å²) in [6, 6.07) is 0. The highest BCUT2D eigenvalue weighted by molar-refractivity contribution is 5.83. The fraction of sp³-hybridized carbons (Fsp3) is 0.800. The Morgan fingerprint density at radius 3 is 2.75 bits per heavy atom. The first kappa shape index (κ1) is 13.6. The van der Waals surface area contributed by atoms with Crippen molar-refractivity contribution in [2.75, 3.05) is 0 Å². The van der Waals surface area contributed by atoms with Gasteiger partial charge in [-0.3, -0.25) is 14.4 Å². The molecule has 4 rings (SSSR count). The smallest absolute Gasteiger partial charge is 0.309 e. The van der Waals surface area contributed by atoms with Crippen molar-refractivity contribution >= 4 is 17.7 Å². The van der Waals surface area contributed by atoms with Crippen molar-refractivity contribution in [2.45, 2.75) is 57.7 Å². The third-order valence-corrected chi connectivity index (χ3v) is 4.82. The number of esters is 2. The molecule has 0 amide bonds. The van der Waals surface area contributed by atoms with Crippen LogP contribution in [-0.2, 0) is 23.9 Å². The number of rotatable bonds is 6. The lowest BCUT2D eigenvalue weighted by Crippen LogP contribution is -2.51. The Morgan fingerprint density at radius 2 is 2.05 bits per heavy atom. The van der Waals surface area contributed by atoms with E-state index in [1.54, 1.807) is 0 Å². The van der Waals surface area contributed by atoms with E-state index in [2.05, 4.69) is 0 Å².